The Hall–Kier alpha value is -0.540. The van der Waals surface area contributed by atoms with Crippen molar-refractivity contribution in [3.8, 4) is 5.75 Å². The van der Waals surface area contributed by atoms with Gasteiger partial charge >= 0.3 is 0 Å². The van der Waals surface area contributed by atoms with Crippen molar-refractivity contribution in [2.75, 3.05) is 7.11 Å². The van der Waals surface area contributed by atoms with Crippen LogP contribution in [0.5, 0.6) is 5.75 Å². The molecular weight excluding hydrogens is 268 g/mol. The van der Waals surface area contributed by atoms with Crippen LogP contribution in [0.1, 0.15) is 25.8 Å². The van der Waals surface area contributed by atoms with Gasteiger partial charge in [-0.2, -0.15) is 0 Å². The van der Waals surface area contributed by atoms with E-state index >= 15 is 0 Å². The summed E-state index contributed by atoms with van der Waals surface area (Å²) in [6.07, 6.45) is 1.37. The maximum Gasteiger partial charge on any atom is 0.122 e. The molecule has 0 radical (unpaired) electrons. The van der Waals surface area contributed by atoms with Crippen LogP contribution in [-0.4, -0.2) is 18.3 Å². The van der Waals surface area contributed by atoms with E-state index in [1.807, 2.05) is 19.1 Å². The molecule has 0 amide bonds. The van der Waals surface area contributed by atoms with E-state index < -0.39 is 0 Å². The normalized spacial score (nSPS) is 14.6. The molecule has 2 unspecified atom stereocenters. The van der Waals surface area contributed by atoms with E-state index in [-0.39, 0.29) is 12.0 Å². The predicted molar refractivity (Wildman–Crippen MR) is 69.9 cm³/mol. The van der Waals surface area contributed by atoms with Crippen molar-refractivity contribution in [3.63, 3.8) is 0 Å². The third kappa shape index (κ3) is 3.49. The van der Waals surface area contributed by atoms with Crippen LogP contribution in [-0.2, 0) is 6.42 Å². The number of aliphatic hydroxyl groups is 1. The molecule has 2 nitrogen and oxygen atoms in total. The highest BCUT2D eigenvalue weighted by Gasteiger charge is 2.15. The Morgan fingerprint density at radius 3 is 2.69 bits per heavy atom. The zero-order valence-electron chi connectivity index (χ0n) is 10.0. The van der Waals surface area contributed by atoms with Gasteiger partial charge in [0.15, 0.2) is 0 Å². The quantitative estimate of drug-likeness (QED) is 0.899. The lowest BCUT2D eigenvalue weighted by molar-refractivity contribution is 0.112. The Morgan fingerprint density at radius 1 is 1.44 bits per heavy atom. The van der Waals surface area contributed by atoms with E-state index in [4.69, 9.17) is 4.74 Å². The molecule has 0 spiro atoms. The van der Waals surface area contributed by atoms with Crippen molar-refractivity contribution in [2.45, 2.75) is 32.8 Å². The van der Waals surface area contributed by atoms with Gasteiger partial charge < -0.3 is 9.84 Å². The molecule has 0 aliphatic rings. The van der Waals surface area contributed by atoms with Crippen LogP contribution in [0.3, 0.4) is 0 Å². The predicted octanol–water partition coefficient (Wildman–Crippen LogP) is 3.41. The van der Waals surface area contributed by atoms with Gasteiger partial charge in [-0.3, -0.25) is 0 Å². The summed E-state index contributed by atoms with van der Waals surface area (Å²) in [6.45, 7) is 4.06. The fraction of sp³-hybridized carbons (Fsp3) is 0.538. The van der Waals surface area contributed by atoms with Gasteiger partial charge in [0.25, 0.3) is 0 Å². The van der Waals surface area contributed by atoms with Gasteiger partial charge in [0.05, 0.1) is 13.2 Å². The molecular formula is C13H19BrO2. The standard InChI is InChI=1S/C13H19BrO2/c1-4-12(15)9(2)7-10-8-11(14)5-6-13(10)16-3/h5-6,8-9,12,15H,4,7H2,1-3H3. The maximum absolute atomic E-state index is 9.77. The molecule has 2 atom stereocenters. The van der Waals surface area contributed by atoms with Crippen LogP contribution in [0.4, 0.5) is 0 Å². The first-order chi connectivity index (χ1) is 7.58. The summed E-state index contributed by atoms with van der Waals surface area (Å²) in [5, 5.41) is 9.77. The number of ether oxygens (including phenoxy) is 1. The molecule has 1 N–H and O–H groups in total. The zero-order valence-corrected chi connectivity index (χ0v) is 11.6. The number of hydrogen-bond acceptors (Lipinski definition) is 2. The van der Waals surface area contributed by atoms with Crippen LogP contribution in [0.25, 0.3) is 0 Å². The van der Waals surface area contributed by atoms with E-state index in [2.05, 4.69) is 28.9 Å². The van der Waals surface area contributed by atoms with Crippen LogP contribution in [0.2, 0.25) is 0 Å². The SMILES string of the molecule is CCC(O)C(C)Cc1cc(Br)ccc1OC. The number of methoxy groups -OCH3 is 1. The van der Waals surface area contributed by atoms with Gasteiger partial charge in [0, 0.05) is 4.47 Å². The first kappa shape index (κ1) is 13.5. The molecule has 1 rings (SSSR count). The van der Waals surface area contributed by atoms with Crippen molar-refractivity contribution >= 4 is 15.9 Å². The summed E-state index contributed by atoms with van der Waals surface area (Å²) in [5.41, 5.74) is 1.14. The average molecular weight is 287 g/mol. The maximum atomic E-state index is 9.77. The molecule has 1 aromatic rings. The third-order valence-electron chi connectivity index (χ3n) is 2.86. The fourth-order valence-electron chi connectivity index (χ4n) is 1.79. The Balaban J connectivity index is 2.82. The second-order valence-electron chi connectivity index (χ2n) is 4.11. The zero-order chi connectivity index (χ0) is 12.1. The number of rotatable bonds is 5. The van der Waals surface area contributed by atoms with Gasteiger partial charge in [-0.25, -0.2) is 0 Å². The Labute approximate surface area is 106 Å². The lowest BCUT2D eigenvalue weighted by Gasteiger charge is -2.18. The topological polar surface area (TPSA) is 29.5 Å². The van der Waals surface area contributed by atoms with Crippen molar-refractivity contribution < 1.29 is 9.84 Å². The van der Waals surface area contributed by atoms with Gasteiger partial charge in [-0.1, -0.05) is 29.8 Å². The monoisotopic (exact) mass is 286 g/mol. The van der Waals surface area contributed by atoms with Crippen molar-refractivity contribution in [1.29, 1.82) is 0 Å². The molecule has 0 heterocycles. The molecule has 0 saturated carbocycles. The minimum absolute atomic E-state index is 0.244. The van der Waals surface area contributed by atoms with Crippen molar-refractivity contribution in [3.05, 3.63) is 28.2 Å². The van der Waals surface area contributed by atoms with E-state index in [1.54, 1.807) is 7.11 Å². The highest BCUT2D eigenvalue weighted by molar-refractivity contribution is 9.10. The second-order valence-corrected chi connectivity index (χ2v) is 5.03. The molecule has 16 heavy (non-hydrogen) atoms. The Morgan fingerprint density at radius 2 is 2.12 bits per heavy atom. The minimum Gasteiger partial charge on any atom is -0.496 e. The summed E-state index contributed by atoms with van der Waals surface area (Å²) in [6, 6.07) is 5.96. The van der Waals surface area contributed by atoms with Gasteiger partial charge in [-0.15, -0.1) is 0 Å². The molecule has 3 heteroatoms. The first-order valence-corrected chi connectivity index (χ1v) is 6.38. The molecule has 0 saturated heterocycles. The Bertz CT molecular complexity index is 339. The van der Waals surface area contributed by atoms with E-state index in [1.165, 1.54) is 0 Å². The number of aliphatic hydroxyl groups excluding tert-OH is 1. The number of halogens is 1. The summed E-state index contributed by atoms with van der Waals surface area (Å²) in [4.78, 5) is 0. The van der Waals surface area contributed by atoms with E-state index in [9.17, 15) is 5.11 Å². The van der Waals surface area contributed by atoms with Gasteiger partial charge in [0.2, 0.25) is 0 Å². The van der Waals surface area contributed by atoms with Crippen LogP contribution in [0.15, 0.2) is 22.7 Å². The summed E-state index contributed by atoms with van der Waals surface area (Å²) < 4.78 is 6.36. The van der Waals surface area contributed by atoms with Crippen LogP contribution >= 0.6 is 15.9 Å². The van der Waals surface area contributed by atoms with E-state index in [0.29, 0.717) is 0 Å². The summed E-state index contributed by atoms with van der Waals surface area (Å²) in [5.74, 6) is 1.13. The molecule has 0 aromatic heterocycles. The molecule has 0 bridgehead atoms. The third-order valence-corrected chi connectivity index (χ3v) is 3.35. The van der Waals surface area contributed by atoms with Gasteiger partial charge in [0.1, 0.15) is 5.75 Å². The minimum atomic E-state index is -0.247. The molecule has 1 aromatic carbocycles. The number of benzene rings is 1. The molecule has 90 valence electrons. The average Bonchev–Trinajstić information content (AvgIpc) is 2.28. The first-order valence-electron chi connectivity index (χ1n) is 5.59. The Kier molecular flexibility index (Phi) is 5.29. The van der Waals surface area contributed by atoms with Crippen LogP contribution < -0.4 is 4.74 Å². The molecule has 0 aliphatic carbocycles. The van der Waals surface area contributed by atoms with Crippen LogP contribution in [0, 0.1) is 5.92 Å². The van der Waals surface area contributed by atoms with Gasteiger partial charge in [-0.05, 0) is 42.5 Å². The molecule has 0 fully saturated rings. The van der Waals surface area contributed by atoms with Crippen molar-refractivity contribution in [1.82, 2.24) is 0 Å². The summed E-state index contributed by atoms with van der Waals surface area (Å²) >= 11 is 3.45. The second kappa shape index (κ2) is 6.26. The highest BCUT2D eigenvalue weighted by Crippen LogP contribution is 2.26. The summed E-state index contributed by atoms with van der Waals surface area (Å²) in [7, 11) is 1.67. The number of hydrogen-bond donors (Lipinski definition) is 1. The largest absolute Gasteiger partial charge is 0.496 e. The lowest BCUT2D eigenvalue weighted by atomic mass is 9.94. The smallest absolute Gasteiger partial charge is 0.122 e. The lowest BCUT2D eigenvalue weighted by Crippen LogP contribution is -2.18. The van der Waals surface area contributed by atoms with E-state index in [0.717, 1.165) is 28.6 Å². The van der Waals surface area contributed by atoms with Crippen molar-refractivity contribution in [2.24, 2.45) is 5.92 Å². The fourth-order valence-corrected chi connectivity index (χ4v) is 2.20. The highest BCUT2D eigenvalue weighted by atomic mass is 79.9. The molecule has 0 aliphatic heterocycles.